The predicted molar refractivity (Wildman–Crippen MR) is 45.2 cm³/mol. The summed E-state index contributed by atoms with van der Waals surface area (Å²) in [6.07, 6.45) is 0.510. The van der Waals surface area contributed by atoms with Crippen molar-refractivity contribution in [3.63, 3.8) is 0 Å². The van der Waals surface area contributed by atoms with Crippen LogP contribution in [-0.2, 0) is 0 Å². The van der Waals surface area contributed by atoms with Crippen molar-refractivity contribution in [1.82, 2.24) is 0 Å². The van der Waals surface area contributed by atoms with Gasteiger partial charge in [0.05, 0.1) is 0 Å². The first-order valence-corrected chi connectivity index (χ1v) is 3.99. The van der Waals surface area contributed by atoms with Crippen LogP contribution >= 0.6 is 0 Å². The van der Waals surface area contributed by atoms with Crippen molar-refractivity contribution in [2.45, 2.75) is 19.4 Å². The Labute approximate surface area is 75.0 Å². The maximum atomic E-state index is 12.8. The number of aromatic hydroxyl groups is 1. The summed E-state index contributed by atoms with van der Waals surface area (Å²) in [5, 5.41) is 9.20. The van der Waals surface area contributed by atoms with Crippen molar-refractivity contribution in [2.75, 3.05) is 0 Å². The third-order valence-electron chi connectivity index (χ3n) is 1.90. The lowest BCUT2D eigenvalue weighted by Crippen LogP contribution is -2.09. The smallest absolute Gasteiger partial charge is 0.168 e. The Hall–Kier alpha value is -1.16. The molecular formula is C9H11F2NO. The maximum absolute atomic E-state index is 12.8. The molecule has 1 aromatic rings. The lowest BCUT2D eigenvalue weighted by Gasteiger charge is -2.11. The molecule has 0 saturated carbocycles. The molecule has 0 aliphatic carbocycles. The van der Waals surface area contributed by atoms with E-state index in [-0.39, 0.29) is 5.56 Å². The first-order chi connectivity index (χ1) is 6.06. The van der Waals surface area contributed by atoms with Crippen molar-refractivity contribution >= 4 is 0 Å². The Kier molecular flexibility index (Phi) is 2.83. The normalized spacial score (nSPS) is 12.9. The molecule has 72 valence electrons. The molecule has 1 atom stereocenters. The average molecular weight is 187 g/mol. The van der Waals surface area contributed by atoms with E-state index in [2.05, 4.69) is 0 Å². The average Bonchev–Trinajstić information content (AvgIpc) is 2.10. The summed E-state index contributed by atoms with van der Waals surface area (Å²) in [6, 6.07) is 1.14. The quantitative estimate of drug-likeness (QED) is 0.744. The number of hydrogen-bond donors (Lipinski definition) is 2. The maximum Gasteiger partial charge on any atom is 0.168 e. The molecule has 0 aliphatic heterocycles. The third kappa shape index (κ3) is 1.95. The summed E-state index contributed by atoms with van der Waals surface area (Å²) < 4.78 is 25.5. The number of rotatable bonds is 2. The van der Waals surface area contributed by atoms with Crippen molar-refractivity contribution in [1.29, 1.82) is 0 Å². The molecule has 0 bridgehead atoms. The molecule has 3 N–H and O–H groups in total. The number of halogens is 2. The standard InChI is InChI=1S/C9H11F2NO/c1-2-8(12)6-3-5(10)4-7(11)9(6)13/h3-4,8,13H,2,12H2,1H3/t8-/m1/s1. The van der Waals surface area contributed by atoms with Gasteiger partial charge in [-0.3, -0.25) is 0 Å². The number of phenols is 1. The van der Waals surface area contributed by atoms with Crippen molar-refractivity contribution in [2.24, 2.45) is 5.73 Å². The minimum Gasteiger partial charge on any atom is -0.505 e. The van der Waals surface area contributed by atoms with E-state index in [4.69, 9.17) is 5.73 Å². The molecule has 1 aromatic carbocycles. The number of benzene rings is 1. The van der Waals surface area contributed by atoms with Gasteiger partial charge in [-0.25, -0.2) is 8.78 Å². The first kappa shape index (κ1) is 9.92. The molecule has 1 rings (SSSR count). The van der Waals surface area contributed by atoms with E-state index >= 15 is 0 Å². The first-order valence-electron chi connectivity index (χ1n) is 3.99. The summed E-state index contributed by atoms with van der Waals surface area (Å²) >= 11 is 0. The van der Waals surface area contributed by atoms with Crippen LogP contribution in [0.25, 0.3) is 0 Å². The van der Waals surface area contributed by atoms with Gasteiger partial charge < -0.3 is 10.8 Å². The van der Waals surface area contributed by atoms with Gasteiger partial charge in [0.25, 0.3) is 0 Å². The highest BCUT2D eigenvalue weighted by molar-refractivity contribution is 5.36. The molecule has 0 aliphatic rings. The third-order valence-corrected chi connectivity index (χ3v) is 1.90. The van der Waals surface area contributed by atoms with E-state index in [1.54, 1.807) is 6.92 Å². The topological polar surface area (TPSA) is 46.2 Å². The molecule has 0 radical (unpaired) electrons. The lowest BCUT2D eigenvalue weighted by atomic mass is 10.0. The SMILES string of the molecule is CC[C@@H](N)c1cc(F)cc(F)c1O. The van der Waals surface area contributed by atoms with E-state index in [0.29, 0.717) is 12.5 Å². The Morgan fingerprint density at radius 1 is 1.46 bits per heavy atom. The molecule has 0 amide bonds. The van der Waals surface area contributed by atoms with E-state index in [9.17, 15) is 13.9 Å². The van der Waals surface area contributed by atoms with Crippen LogP contribution < -0.4 is 5.73 Å². The fraction of sp³-hybridized carbons (Fsp3) is 0.333. The molecule has 0 saturated heterocycles. The van der Waals surface area contributed by atoms with E-state index in [1.807, 2.05) is 0 Å². The van der Waals surface area contributed by atoms with Crippen molar-refractivity contribution < 1.29 is 13.9 Å². The van der Waals surface area contributed by atoms with Crippen LogP contribution in [0.3, 0.4) is 0 Å². The van der Waals surface area contributed by atoms with Gasteiger partial charge in [0.15, 0.2) is 11.6 Å². The summed E-state index contributed by atoms with van der Waals surface area (Å²) in [5.74, 6) is -2.26. The molecular weight excluding hydrogens is 176 g/mol. The largest absolute Gasteiger partial charge is 0.505 e. The van der Waals surface area contributed by atoms with Crippen LogP contribution in [0.1, 0.15) is 24.9 Å². The van der Waals surface area contributed by atoms with Crippen molar-refractivity contribution in [3.8, 4) is 5.75 Å². The fourth-order valence-corrected chi connectivity index (χ4v) is 1.09. The molecule has 0 fully saturated rings. The highest BCUT2D eigenvalue weighted by Crippen LogP contribution is 2.28. The Balaban J connectivity index is 3.20. The highest BCUT2D eigenvalue weighted by Gasteiger charge is 2.14. The van der Waals surface area contributed by atoms with E-state index in [0.717, 1.165) is 6.07 Å². The molecule has 2 nitrogen and oxygen atoms in total. The zero-order valence-corrected chi connectivity index (χ0v) is 7.22. The van der Waals surface area contributed by atoms with Crippen LogP contribution in [0.5, 0.6) is 5.75 Å². The fourth-order valence-electron chi connectivity index (χ4n) is 1.09. The van der Waals surface area contributed by atoms with Crippen LogP contribution in [0.15, 0.2) is 12.1 Å². The van der Waals surface area contributed by atoms with Gasteiger partial charge in [-0.2, -0.15) is 0 Å². The number of nitrogens with two attached hydrogens (primary N) is 1. The molecule has 13 heavy (non-hydrogen) atoms. The van der Waals surface area contributed by atoms with E-state index in [1.165, 1.54) is 0 Å². The Bertz CT molecular complexity index is 315. The summed E-state index contributed by atoms with van der Waals surface area (Å²) in [5.41, 5.74) is 5.65. The van der Waals surface area contributed by atoms with Crippen LogP contribution in [-0.4, -0.2) is 5.11 Å². The Morgan fingerprint density at radius 2 is 2.08 bits per heavy atom. The van der Waals surface area contributed by atoms with Gasteiger partial charge in [0.2, 0.25) is 0 Å². The summed E-state index contributed by atoms with van der Waals surface area (Å²) in [7, 11) is 0. The van der Waals surface area contributed by atoms with Gasteiger partial charge in [-0.05, 0) is 12.5 Å². The van der Waals surface area contributed by atoms with Crippen molar-refractivity contribution in [3.05, 3.63) is 29.3 Å². The second-order valence-electron chi connectivity index (χ2n) is 2.84. The van der Waals surface area contributed by atoms with Gasteiger partial charge in [-0.15, -0.1) is 0 Å². The van der Waals surface area contributed by atoms with Gasteiger partial charge >= 0.3 is 0 Å². The molecule has 0 aromatic heterocycles. The number of phenolic OH excluding ortho intramolecular Hbond substituents is 1. The van der Waals surface area contributed by atoms with Crippen LogP contribution in [0.4, 0.5) is 8.78 Å². The molecule has 4 heteroatoms. The highest BCUT2D eigenvalue weighted by atomic mass is 19.1. The lowest BCUT2D eigenvalue weighted by molar-refractivity contribution is 0.414. The molecule has 0 spiro atoms. The predicted octanol–water partition coefficient (Wildman–Crippen LogP) is 2.08. The minimum absolute atomic E-state index is 0.111. The van der Waals surface area contributed by atoms with Gasteiger partial charge in [-0.1, -0.05) is 6.92 Å². The van der Waals surface area contributed by atoms with Crippen LogP contribution in [0.2, 0.25) is 0 Å². The number of hydrogen-bond acceptors (Lipinski definition) is 2. The minimum atomic E-state index is -0.973. The zero-order chi connectivity index (χ0) is 10.0. The zero-order valence-electron chi connectivity index (χ0n) is 7.22. The second-order valence-corrected chi connectivity index (χ2v) is 2.84. The van der Waals surface area contributed by atoms with Gasteiger partial charge in [0.1, 0.15) is 5.82 Å². The summed E-state index contributed by atoms with van der Waals surface area (Å²) in [4.78, 5) is 0. The van der Waals surface area contributed by atoms with E-state index < -0.39 is 23.4 Å². The second kappa shape index (κ2) is 3.70. The molecule has 0 heterocycles. The summed E-state index contributed by atoms with van der Waals surface area (Å²) in [6.45, 7) is 1.77. The van der Waals surface area contributed by atoms with Crippen LogP contribution in [0, 0.1) is 11.6 Å². The Morgan fingerprint density at radius 3 is 2.62 bits per heavy atom. The molecule has 0 unspecified atom stereocenters. The van der Waals surface area contributed by atoms with Gasteiger partial charge in [0, 0.05) is 17.7 Å². The monoisotopic (exact) mass is 187 g/mol.